The van der Waals surface area contributed by atoms with E-state index >= 15 is 0 Å². The van der Waals surface area contributed by atoms with Crippen molar-refractivity contribution in [2.24, 2.45) is 5.92 Å². The number of amides is 1. The number of carbonyl (C=O) groups is 1. The van der Waals surface area contributed by atoms with Gasteiger partial charge in [-0.05, 0) is 56.2 Å². The Kier molecular flexibility index (Phi) is 6.86. The molecule has 11 heteroatoms. The number of ether oxygens (including phenoxy) is 1. The van der Waals surface area contributed by atoms with Crippen LogP contribution in [0.5, 0.6) is 5.75 Å². The number of rotatable bonds is 7. The minimum Gasteiger partial charge on any atom is -0.494 e. The van der Waals surface area contributed by atoms with Gasteiger partial charge < -0.3 is 10.1 Å². The summed E-state index contributed by atoms with van der Waals surface area (Å²) in [6.45, 7) is 2.64. The Balaban J connectivity index is 1.61. The molecule has 1 N–H and O–H groups in total. The molecule has 1 aliphatic heterocycles. The monoisotopic (exact) mass is 451 g/mol. The van der Waals surface area contributed by atoms with Gasteiger partial charge in [0.15, 0.2) is 0 Å². The molecule has 0 unspecified atom stereocenters. The summed E-state index contributed by atoms with van der Waals surface area (Å²) in [5.41, 5.74) is -0.614. The van der Waals surface area contributed by atoms with Gasteiger partial charge in [0.05, 0.1) is 16.4 Å². The van der Waals surface area contributed by atoms with Gasteiger partial charge in [-0.3, -0.25) is 14.9 Å². The first-order valence-corrected chi connectivity index (χ1v) is 11.1. The summed E-state index contributed by atoms with van der Waals surface area (Å²) in [5.74, 6) is -1.26. The standard InChI is InChI=1S/C20H22FN3O6S/c1-2-30-16-4-6-17(7-5-16)31(28,29)23-11-9-14(10-12-23)20(25)22-15-3-8-18(21)19(13-15)24(26)27/h3-8,13-14H,2,9-12H2,1H3,(H,22,25). The van der Waals surface area contributed by atoms with Gasteiger partial charge in [-0.2, -0.15) is 8.70 Å². The molecule has 31 heavy (non-hydrogen) atoms. The van der Waals surface area contributed by atoms with E-state index in [1.54, 1.807) is 12.1 Å². The number of benzene rings is 2. The normalized spacial score (nSPS) is 15.4. The average molecular weight is 451 g/mol. The van der Waals surface area contributed by atoms with Crippen LogP contribution in [0.15, 0.2) is 47.4 Å². The molecule has 166 valence electrons. The molecule has 0 saturated carbocycles. The first kappa shape index (κ1) is 22.6. The van der Waals surface area contributed by atoms with Crippen LogP contribution in [0.2, 0.25) is 0 Å². The Labute approximate surface area is 179 Å². The first-order valence-electron chi connectivity index (χ1n) is 9.70. The summed E-state index contributed by atoms with van der Waals surface area (Å²) in [6, 6.07) is 9.28. The lowest BCUT2D eigenvalue weighted by molar-refractivity contribution is -0.387. The van der Waals surface area contributed by atoms with Crippen molar-refractivity contribution in [2.45, 2.75) is 24.7 Å². The van der Waals surface area contributed by atoms with Gasteiger partial charge >= 0.3 is 5.69 Å². The molecular formula is C20H22FN3O6S. The fourth-order valence-corrected chi connectivity index (χ4v) is 4.83. The predicted molar refractivity (Wildman–Crippen MR) is 111 cm³/mol. The Hall–Kier alpha value is -3.05. The van der Waals surface area contributed by atoms with Crippen LogP contribution in [0.4, 0.5) is 15.8 Å². The zero-order valence-corrected chi connectivity index (χ0v) is 17.6. The van der Waals surface area contributed by atoms with Gasteiger partial charge in [0, 0.05) is 30.8 Å². The number of sulfonamides is 1. The molecule has 3 rings (SSSR count). The zero-order chi connectivity index (χ0) is 22.6. The fraction of sp³-hybridized carbons (Fsp3) is 0.350. The van der Waals surface area contributed by atoms with Crippen molar-refractivity contribution < 1.29 is 27.3 Å². The van der Waals surface area contributed by atoms with Gasteiger partial charge in [0.25, 0.3) is 0 Å². The van der Waals surface area contributed by atoms with Gasteiger partial charge in [-0.1, -0.05) is 0 Å². The van der Waals surface area contributed by atoms with E-state index in [4.69, 9.17) is 4.74 Å². The van der Waals surface area contributed by atoms with E-state index in [1.165, 1.54) is 22.5 Å². The Bertz CT molecular complexity index is 1070. The maximum Gasteiger partial charge on any atom is 0.306 e. The molecule has 1 aliphatic rings. The van der Waals surface area contributed by atoms with Gasteiger partial charge in [0.1, 0.15) is 5.75 Å². The van der Waals surface area contributed by atoms with E-state index in [9.17, 15) is 27.7 Å². The van der Waals surface area contributed by atoms with Crippen LogP contribution in [0.3, 0.4) is 0 Å². The molecule has 2 aromatic rings. The second kappa shape index (κ2) is 9.40. The van der Waals surface area contributed by atoms with Crippen molar-refractivity contribution in [3.63, 3.8) is 0 Å². The maximum atomic E-state index is 13.4. The van der Waals surface area contributed by atoms with Crippen LogP contribution in [0.1, 0.15) is 19.8 Å². The number of carbonyl (C=O) groups excluding carboxylic acids is 1. The number of anilines is 1. The van der Waals surface area contributed by atoms with Crippen LogP contribution in [0.25, 0.3) is 0 Å². The summed E-state index contributed by atoms with van der Waals surface area (Å²) in [6.07, 6.45) is 0.594. The van der Waals surface area contributed by atoms with E-state index in [2.05, 4.69) is 5.32 Å². The molecule has 0 bridgehead atoms. The summed E-state index contributed by atoms with van der Waals surface area (Å²) in [5, 5.41) is 13.4. The lowest BCUT2D eigenvalue weighted by Crippen LogP contribution is -2.41. The molecule has 0 aromatic heterocycles. The van der Waals surface area contributed by atoms with Crippen molar-refractivity contribution >= 4 is 27.3 Å². The minimum atomic E-state index is -3.69. The number of piperidine rings is 1. The van der Waals surface area contributed by atoms with Crippen LogP contribution in [-0.4, -0.2) is 43.2 Å². The largest absolute Gasteiger partial charge is 0.494 e. The highest BCUT2D eigenvalue weighted by atomic mass is 32.2. The predicted octanol–water partition coefficient (Wildman–Crippen LogP) is 3.17. The first-order chi connectivity index (χ1) is 14.7. The number of nitrogens with one attached hydrogen (secondary N) is 1. The molecule has 0 spiro atoms. The van der Waals surface area contributed by atoms with Crippen molar-refractivity contribution in [3.05, 3.63) is 58.4 Å². The number of nitrogens with zero attached hydrogens (tertiary/aromatic N) is 2. The number of hydrogen-bond donors (Lipinski definition) is 1. The minimum absolute atomic E-state index is 0.113. The van der Waals surface area contributed by atoms with E-state index in [-0.39, 0.29) is 29.6 Å². The fourth-order valence-electron chi connectivity index (χ4n) is 3.36. The number of hydrogen-bond acceptors (Lipinski definition) is 6. The van der Waals surface area contributed by atoms with Crippen molar-refractivity contribution in [3.8, 4) is 5.75 Å². The third kappa shape index (κ3) is 5.17. The summed E-state index contributed by atoms with van der Waals surface area (Å²) in [4.78, 5) is 22.6. The van der Waals surface area contributed by atoms with Crippen molar-refractivity contribution in [1.29, 1.82) is 0 Å². The average Bonchev–Trinajstić information content (AvgIpc) is 2.75. The third-order valence-electron chi connectivity index (χ3n) is 5.01. The molecule has 2 aromatic carbocycles. The molecule has 1 fully saturated rings. The maximum absolute atomic E-state index is 13.4. The van der Waals surface area contributed by atoms with Crippen molar-refractivity contribution in [2.75, 3.05) is 25.0 Å². The van der Waals surface area contributed by atoms with E-state index in [0.717, 1.165) is 12.1 Å². The zero-order valence-electron chi connectivity index (χ0n) is 16.8. The lowest BCUT2D eigenvalue weighted by atomic mass is 9.97. The summed E-state index contributed by atoms with van der Waals surface area (Å²) in [7, 11) is -3.69. The lowest BCUT2D eigenvalue weighted by Gasteiger charge is -2.30. The quantitative estimate of drug-likeness (QED) is 0.510. The Morgan fingerprint density at radius 1 is 1.23 bits per heavy atom. The van der Waals surface area contributed by atoms with Crippen LogP contribution >= 0.6 is 0 Å². The SMILES string of the molecule is CCOc1ccc(S(=O)(=O)N2CCC(C(=O)Nc3ccc(F)c([N+](=O)[O-])c3)CC2)cc1. The van der Waals surface area contributed by atoms with E-state index in [0.29, 0.717) is 25.2 Å². The Morgan fingerprint density at radius 3 is 2.45 bits per heavy atom. The molecule has 0 atom stereocenters. The molecule has 0 radical (unpaired) electrons. The number of halogens is 1. The molecule has 1 amide bonds. The Morgan fingerprint density at radius 2 is 1.87 bits per heavy atom. The third-order valence-corrected chi connectivity index (χ3v) is 6.92. The molecule has 0 aliphatic carbocycles. The smallest absolute Gasteiger partial charge is 0.306 e. The highest BCUT2D eigenvalue weighted by Gasteiger charge is 2.32. The second-order valence-electron chi connectivity index (χ2n) is 7.00. The number of nitro groups is 1. The highest BCUT2D eigenvalue weighted by molar-refractivity contribution is 7.89. The summed E-state index contributed by atoms with van der Waals surface area (Å²) < 4.78 is 45.8. The molecule has 1 heterocycles. The molecular weight excluding hydrogens is 429 g/mol. The topological polar surface area (TPSA) is 119 Å². The van der Waals surface area contributed by atoms with E-state index in [1.807, 2.05) is 6.92 Å². The number of nitro benzene ring substituents is 1. The highest BCUT2D eigenvalue weighted by Crippen LogP contribution is 2.27. The molecule has 9 nitrogen and oxygen atoms in total. The van der Waals surface area contributed by atoms with Gasteiger partial charge in [0.2, 0.25) is 21.7 Å². The van der Waals surface area contributed by atoms with Crippen LogP contribution < -0.4 is 10.1 Å². The van der Waals surface area contributed by atoms with Gasteiger partial charge in [-0.15, -0.1) is 0 Å². The molecule has 1 saturated heterocycles. The van der Waals surface area contributed by atoms with Crippen molar-refractivity contribution in [1.82, 2.24) is 4.31 Å². The van der Waals surface area contributed by atoms with Crippen LogP contribution in [-0.2, 0) is 14.8 Å². The van der Waals surface area contributed by atoms with E-state index < -0.39 is 32.4 Å². The van der Waals surface area contributed by atoms with Gasteiger partial charge in [-0.25, -0.2) is 8.42 Å². The summed E-state index contributed by atoms with van der Waals surface area (Å²) >= 11 is 0. The van der Waals surface area contributed by atoms with Crippen LogP contribution in [0, 0.1) is 21.8 Å². The second-order valence-corrected chi connectivity index (χ2v) is 8.93.